The third-order valence-electron chi connectivity index (χ3n) is 2.33. The van der Waals surface area contributed by atoms with Crippen molar-refractivity contribution in [1.82, 2.24) is 9.71 Å². The lowest BCUT2D eigenvalue weighted by molar-refractivity contribution is 0.414. The average molecular weight is 319 g/mol. The third-order valence-corrected chi connectivity index (χ3v) is 4.80. The van der Waals surface area contributed by atoms with E-state index in [0.717, 1.165) is 0 Å². The van der Waals surface area contributed by atoms with Crippen molar-refractivity contribution < 1.29 is 13.2 Å². The van der Waals surface area contributed by atoms with Crippen molar-refractivity contribution in [3.63, 3.8) is 0 Å². The fourth-order valence-electron chi connectivity index (χ4n) is 1.39. The predicted octanol–water partition coefficient (Wildman–Crippen LogP) is 2.28. The Balaban J connectivity index is 2.17. The first-order valence-corrected chi connectivity index (χ1v) is 7.98. The number of benzene rings is 1. The van der Waals surface area contributed by atoms with E-state index < -0.39 is 10.0 Å². The van der Waals surface area contributed by atoms with E-state index in [9.17, 15) is 8.42 Å². The zero-order valence-corrected chi connectivity index (χ0v) is 12.3. The number of methoxy groups -OCH3 is 1. The molecule has 2 aromatic rings. The van der Waals surface area contributed by atoms with E-state index in [1.165, 1.54) is 36.6 Å². The van der Waals surface area contributed by atoms with E-state index in [1.54, 1.807) is 11.6 Å². The fourth-order valence-corrected chi connectivity index (χ4v) is 3.38. The van der Waals surface area contributed by atoms with Crippen molar-refractivity contribution in [3.05, 3.63) is 39.8 Å². The number of halogens is 1. The van der Waals surface area contributed by atoms with Crippen LogP contribution in [0.3, 0.4) is 0 Å². The Bertz CT molecular complexity index is 657. The molecule has 1 aromatic heterocycles. The smallest absolute Gasteiger partial charge is 0.241 e. The normalized spacial score (nSPS) is 11.5. The molecule has 0 aliphatic rings. The quantitative estimate of drug-likeness (QED) is 0.918. The first-order chi connectivity index (χ1) is 9.03. The van der Waals surface area contributed by atoms with Gasteiger partial charge >= 0.3 is 0 Å². The second-order valence-electron chi connectivity index (χ2n) is 3.55. The number of rotatable bonds is 5. The zero-order valence-electron chi connectivity index (χ0n) is 9.96. The number of ether oxygens (including phenoxy) is 1. The lowest BCUT2D eigenvalue weighted by Crippen LogP contribution is -2.23. The highest BCUT2D eigenvalue weighted by atomic mass is 35.5. The van der Waals surface area contributed by atoms with Gasteiger partial charge in [-0.15, -0.1) is 11.3 Å². The maximum Gasteiger partial charge on any atom is 0.241 e. The van der Waals surface area contributed by atoms with Crippen molar-refractivity contribution in [2.24, 2.45) is 0 Å². The summed E-state index contributed by atoms with van der Waals surface area (Å²) in [6, 6.07) is 4.31. The summed E-state index contributed by atoms with van der Waals surface area (Å²) in [4.78, 5) is 4.10. The number of hydrogen-bond acceptors (Lipinski definition) is 5. The van der Waals surface area contributed by atoms with E-state index >= 15 is 0 Å². The number of thiazole rings is 1. The molecule has 8 heteroatoms. The minimum Gasteiger partial charge on any atom is -0.495 e. The van der Waals surface area contributed by atoms with Crippen LogP contribution < -0.4 is 9.46 Å². The highest BCUT2D eigenvalue weighted by Crippen LogP contribution is 2.26. The molecular formula is C11H11ClN2O3S2. The monoisotopic (exact) mass is 318 g/mol. The van der Waals surface area contributed by atoms with Gasteiger partial charge in [0.15, 0.2) is 0 Å². The van der Waals surface area contributed by atoms with Gasteiger partial charge in [-0.2, -0.15) is 0 Å². The first kappa shape index (κ1) is 14.3. The Hall–Kier alpha value is -1.15. The molecule has 0 saturated carbocycles. The topological polar surface area (TPSA) is 68.3 Å². The molecular weight excluding hydrogens is 308 g/mol. The minimum atomic E-state index is -3.61. The minimum absolute atomic E-state index is 0.0925. The molecule has 19 heavy (non-hydrogen) atoms. The van der Waals surface area contributed by atoms with Gasteiger partial charge in [-0.05, 0) is 18.2 Å². The van der Waals surface area contributed by atoms with Crippen molar-refractivity contribution in [3.8, 4) is 5.75 Å². The molecule has 0 aliphatic heterocycles. The summed E-state index contributed by atoms with van der Waals surface area (Å²) < 4.78 is 31.5. The molecule has 0 saturated heterocycles. The third kappa shape index (κ3) is 3.44. The molecule has 0 spiro atoms. The number of sulfonamides is 1. The average Bonchev–Trinajstić information content (AvgIpc) is 2.89. The van der Waals surface area contributed by atoms with Gasteiger partial charge < -0.3 is 4.74 Å². The molecule has 0 aliphatic carbocycles. The molecule has 1 aromatic carbocycles. The summed E-state index contributed by atoms with van der Waals surface area (Å²) in [5.74, 6) is 0.431. The van der Waals surface area contributed by atoms with Gasteiger partial charge in [-0.25, -0.2) is 18.1 Å². The van der Waals surface area contributed by atoms with Crippen LogP contribution in [0.5, 0.6) is 5.75 Å². The molecule has 0 bridgehead atoms. The Labute approximate surface area is 120 Å². The molecule has 102 valence electrons. The van der Waals surface area contributed by atoms with Crippen LogP contribution in [0.15, 0.2) is 34.7 Å². The Morgan fingerprint density at radius 1 is 1.47 bits per heavy atom. The van der Waals surface area contributed by atoms with Crippen LogP contribution in [0.4, 0.5) is 0 Å². The van der Waals surface area contributed by atoms with Gasteiger partial charge in [0.2, 0.25) is 10.0 Å². The van der Waals surface area contributed by atoms with Crippen molar-refractivity contribution in [2.45, 2.75) is 11.4 Å². The standard InChI is InChI=1S/C11H11ClN2O3S2/c1-17-10-3-2-8(6-9(10)12)19(15,16)14-7-11-13-4-5-18-11/h2-6,14H,7H2,1H3. The zero-order chi connectivity index (χ0) is 13.9. The maximum absolute atomic E-state index is 12.0. The highest BCUT2D eigenvalue weighted by Gasteiger charge is 2.16. The molecule has 2 rings (SSSR count). The van der Waals surface area contributed by atoms with Crippen LogP contribution in [-0.4, -0.2) is 20.5 Å². The molecule has 0 amide bonds. The van der Waals surface area contributed by atoms with E-state index in [4.69, 9.17) is 16.3 Å². The second kappa shape index (κ2) is 5.87. The number of nitrogens with zero attached hydrogens (tertiary/aromatic N) is 1. The molecule has 1 heterocycles. The first-order valence-electron chi connectivity index (χ1n) is 5.24. The van der Waals surface area contributed by atoms with Crippen LogP contribution in [0.2, 0.25) is 5.02 Å². The van der Waals surface area contributed by atoms with Crippen LogP contribution >= 0.6 is 22.9 Å². The van der Waals surface area contributed by atoms with Gasteiger partial charge in [0, 0.05) is 11.6 Å². The van der Waals surface area contributed by atoms with Crippen molar-refractivity contribution in [1.29, 1.82) is 0 Å². The summed E-state index contributed by atoms with van der Waals surface area (Å²) in [6.45, 7) is 0.156. The summed E-state index contributed by atoms with van der Waals surface area (Å²) in [6.07, 6.45) is 1.62. The van der Waals surface area contributed by atoms with E-state index in [-0.39, 0.29) is 16.5 Å². The Morgan fingerprint density at radius 2 is 2.26 bits per heavy atom. The predicted molar refractivity (Wildman–Crippen MR) is 74.1 cm³/mol. The Morgan fingerprint density at radius 3 is 2.84 bits per heavy atom. The van der Waals surface area contributed by atoms with Gasteiger partial charge in [-0.1, -0.05) is 11.6 Å². The van der Waals surface area contributed by atoms with Gasteiger partial charge in [-0.3, -0.25) is 0 Å². The van der Waals surface area contributed by atoms with Crippen LogP contribution in [0.1, 0.15) is 5.01 Å². The lowest BCUT2D eigenvalue weighted by Gasteiger charge is -2.08. The molecule has 0 fully saturated rings. The molecule has 0 radical (unpaired) electrons. The summed E-state index contributed by atoms with van der Waals surface area (Å²) in [5, 5.41) is 2.73. The van der Waals surface area contributed by atoms with Gasteiger partial charge in [0.1, 0.15) is 10.8 Å². The molecule has 1 N–H and O–H groups in total. The van der Waals surface area contributed by atoms with E-state index in [2.05, 4.69) is 9.71 Å². The number of aromatic nitrogens is 1. The summed E-state index contributed by atoms with van der Waals surface area (Å²) >= 11 is 7.29. The Kier molecular flexibility index (Phi) is 4.41. The molecule has 5 nitrogen and oxygen atoms in total. The fraction of sp³-hybridized carbons (Fsp3) is 0.182. The van der Waals surface area contributed by atoms with E-state index in [1.807, 2.05) is 0 Å². The van der Waals surface area contributed by atoms with Crippen molar-refractivity contribution in [2.75, 3.05) is 7.11 Å². The van der Waals surface area contributed by atoms with Crippen molar-refractivity contribution >= 4 is 33.0 Å². The summed E-state index contributed by atoms with van der Waals surface area (Å²) in [5.41, 5.74) is 0. The van der Waals surface area contributed by atoms with Gasteiger partial charge in [0.25, 0.3) is 0 Å². The summed E-state index contributed by atoms with van der Waals surface area (Å²) in [7, 11) is -2.14. The SMILES string of the molecule is COc1ccc(S(=O)(=O)NCc2nccs2)cc1Cl. The van der Waals surface area contributed by atoms with Crippen LogP contribution in [-0.2, 0) is 16.6 Å². The van der Waals surface area contributed by atoms with Crippen LogP contribution in [0, 0.1) is 0 Å². The molecule has 0 unspecified atom stereocenters. The second-order valence-corrected chi connectivity index (χ2v) is 6.70. The maximum atomic E-state index is 12.0. The number of nitrogens with one attached hydrogen (secondary N) is 1. The molecule has 0 atom stereocenters. The largest absolute Gasteiger partial charge is 0.495 e. The van der Waals surface area contributed by atoms with Gasteiger partial charge in [0.05, 0.1) is 23.6 Å². The highest BCUT2D eigenvalue weighted by molar-refractivity contribution is 7.89. The lowest BCUT2D eigenvalue weighted by atomic mass is 10.3. The number of hydrogen-bond donors (Lipinski definition) is 1. The van der Waals surface area contributed by atoms with Crippen LogP contribution in [0.25, 0.3) is 0 Å². The van der Waals surface area contributed by atoms with E-state index in [0.29, 0.717) is 10.8 Å².